The molecule has 0 saturated heterocycles. The lowest BCUT2D eigenvalue weighted by Gasteiger charge is -2.28. The normalized spacial score (nSPS) is 15.8. The highest BCUT2D eigenvalue weighted by Crippen LogP contribution is 2.48. The van der Waals surface area contributed by atoms with Crippen LogP contribution in [0.25, 0.3) is 27.4 Å². The lowest BCUT2D eigenvalue weighted by Crippen LogP contribution is -2.27. The molecule has 0 amide bonds. The van der Waals surface area contributed by atoms with Gasteiger partial charge in [0.15, 0.2) is 5.60 Å². The fraction of sp³-hybridized carbons (Fsp3) is 0.231. The summed E-state index contributed by atoms with van der Waals surface area (Å²) in [6, 6.07) is 29.1. The number of esters is 1. The number of nitrogens with zero attached hydrogens (tertiary/aromatic N) is 4. The van der Waals surface area contributed by atoms with Gasteiger partial charge in [0.25, 0.3) is 0 Å². The lowest BCUT2D eigenvalue weighted by atomic mass is 9.83. The molecule has 6 aromatic rings. The molecule has 6 heteroatoms. The Labute approximate surface area is 264 Å². The van der Waals surface area contributed by atoms with Gasteiger partial charge < -0.3 is 18.8 Å². The predicted octanol–water partition coefficient (Wildman–Crippen LogP) is 8.26. The van der Waals surface area contributed by atoms with Crippen molar-refractivity contribution in [3.63, 3.8) is 0 Å². The second-order valence-corrected chi connectivity index (χ2v) is 12.0. The Morgan fingerprint density at radius 1 is 0.800 bits per heavy atom. The SMILES string of the molecule is CCn1c(C)c(C(=CC2(c3ccc(N(C)C)cc3)OC(=O)c3cccnc32)c2c(C)n(CC)c3ccccc23)c2ccccc21. The van der Waals surface area contributed by atoms with Crippen LogP contribution in [0.3, 0.4) is 0 Å². The summed E-state index contributed by atoms with van der Waals surface area (Å²) in [5.74, 6) is -0.370. The van der Waals surface area contributed by atoms with E-state index in [1.165, 1.54) is 33.2 Å². The minimum absolute atomic E-state index is 0.370. The summed E-state index contributed by atoms with van der Waals surface area (Å²) in [7, 11) is 4.04. The summed E-state index contributed by atoms with van der Waals surface area (Å²) >= 11 is 0. The summed E-state index contributed by atoms with van der Waals surface area (Å²) in [4.78, 5) is 20.5. The van der Waals surface area contributed by atoms with E-state index in [0.29, 0.717) is 11.3 Å². The molecule has 1 aliphatic rings. The van der Waals surface area contributed by atoms with Gasteiger partial charge in [-0.15, -0.1) is 0 Å². The third-order valence-corrected chi connectivity index (χ3v) is 9.43. The van der Waals surface area contributed by atoms with Crippen molar-refractivity contribution in [1.82, 2.24) is 14.1 Å². The van der Waals surface area contributed by atoms with E-state index in [2.05, 4.69) is 121 Å². The molecule has 1 atom stereocenters. The molecule has 0 aliphatic carbocycles. The van der Waals surface area contributed by atoms with Gasteiger partial charge in [0.2, 0.25) is 0 Å². The van der Waals surface area contributed by atoms with Crippen LogP contribution in [0.4, 0.5) is 5.69 Å². The highest BCUT2D eigenvalue weighted by Gasteiger charge is 2.48. The molecule has 6 nitrogen and oxygen atoms in total. The van der Waals surface area contributed by atoms with Crippen molar-refractivity contribution in [3.05, 3.63) is 137 Å². The molecule has 0 saturated carbocycles. The van der Waals surface area contributed by atoms with Crippen molar-refractivity contribution in [2.45, 2.75) is 46.4 Å². The van der Waals surface area contributed by atoms with Gasteiger partial charge in [-0.2, -0.15) is 0 Å². The Bertz CT molecular complexity index is 2040. The average Bonchev–Trinajstić information content (AvgIpc) is 3.63. The highest BCUT2D eigenvalue weighted by atomic mass is 16.6. The number of aryl methyl sites for hydroxylation is 2. The predicted molar refractivity (Wildman–Crippen MR) is 183 cm³/mol. The maximum atomic E-state index is 13.6. The molecule has 45 heavy (non-hydrogen) atoms. The van der Waals surface area contributed by atoms with Crippen LogP contribution in [0.1, 0.15) is 58.0 Å². The van der Waals surface area contributed by atoms with Crippen molar-refractivity contribution in [2.75, 3.05) is 19.0 Å². The number of rotatable bonds is 7. The fourth-order valence-electron chi connectivity index (χ4n) is 7.33. The van der Waals surface area contributed by atoms with Crippen molar-refractivity contribution >= 4 is 39.0 Å². The van der Waals surface area contributed by atoms with Gasteiger partial charge in [0.1, 0.15) is 5.69 Å². The quantitative estimate of drug-likeness (QED) is 0.175. The number of hydrogen-bond acceptors (Lipinski definition) is 4. The number of carbonyl (C=O) groups is 1. The van der Waals surface area contributed by atoms with Crippen molar-refractivity contribution in [3.8, 4) is 0 Å². The van der Waals surface area contributed by atoms with Crippen molar-refractivity contribution in [2.24, 2.45) is 0 Å². The largest absolute Gasteiger partial charge is 0.439 e. The zero-order chi connectivity index (χ0) is 31.5. The summed E-state index contributed by atoms with van der Waals surface area (Å²) in [6.07, 6.45) is 3.93. The molecule has 3 aromatic heterocycles. The zero-order valence-corrected chi connectivity index (χ0v) is 26.8. The van der Waals surface area contributed by atoms with E-state index in [4.69, 9.17) is 9.72 Å². The number of benzene rings is 3. The highest BCUT2D eigenvalue weighted by molar-refractivity contribution is 6.06. The molecular formula is C39H38N4O2. The van der Waals surface area contributed by atoms with E-state index in [-0.39, 0.29) is 5.97 Å². The average molecular weight is 595 g/mol. The van der Waals surface area contributed by atoms with Gasteiger partial charge in [-0.25, -0.2) is 4.79 Å². The van der Waals surface area contributed by atoms with Crippen LogP contribution in [-0.2, 0) is 23.4 Å². The number of aromatic nitrogens is 3. The Morgan fingerprint density at radius 3 is 1.89 bits per heavy atom. The molecular weight excluding hydrogens is 556 g/mol. The molecule has 0 radical (unpaired) electrons. The van der Waals surface area contributed by atoms with Crippen molar-refractivity contribution in [1.29, 1.82) is 0 Å². The van der Waals surface area contributed by atoms with Gasteiger partial charge >= 0.3 is 5.97 Å². The molecule has 226 valence electrons. The van der Waals surface area contributed by atoms with E-state index < -0.39 is 5.60 Å². The number of anilines is 1. The Hall–Kier alpha value is -5.10. The van der Waals surface area contributed by atoms with Gasteiger partial charge in [0.05, 0.1) is 5.56 Å². The summed E-state index contributed by atoms with van der Waals surface area (Å²) in [5.41, 5.74) is 9.78. The minimum atomic E-state index is -1.24. The third-order valence-electron chi connectivity index (χ3n) is 9.43. The number of ether oxygens (including phenoxy) is 1. The second-order valence-electron chi connectivity index (χ2n) is 12.0. The first-order valence-electron chi connectivity index (χ1n) is 15.7. The number of pyridine rings is 1. The number of carbonyl (C=O) groups excluding carboxylic acids is 1. The Balaban J connectivity index is 1.65. The van der Waals surface area contributed by atoms with E-state index in [9.17, 15) is 4.79 Å². The van der Waals surface area contributed by atoms with Crippen LogP contribution in [0.15, 0.2) is 97.2 Å². The van der Waals surface area contributed by atoms with Crippen LogP contribution in [0.2, 0.25) is 0 Å². The van der Waals surface area contributed by atoms with Crippen LogP contribution in [0.5, 0.6) is 0 Å². The molecule has 7 rings (SSSR count). The lowest BCUT2D eigenvalue weighted by molar-refractivity contribution is 0.0269. The zero-order valence-electron chi connectivity index (χ0n) is 26.8. The maximum Gasteiger partial charge on any atom is 0.341 e. The molecule has 0 spiro atoms. The number of hydrogen-bond donors (Lipinski definition) is 0. The van der Waals surface area contributed by atoms with Gasteiger partial charge in [-0.1, -0.05) is 48.5 Å². The molecule has 4 heterocycles. The Kier molecular flexibility index (Phi) is 6.88. The first-order chi connectivity index (χ1) is 21.8. The molecule has 1 aliphatic heterocycles. The monoisotopic (exact) mass is 594 g/mol. The number of para-hydroxylation sites is 2. The fourth-order valence-corrected chi connectivity index (χ4v) is 7.33. The van der Waals surface area contributed by atoms with E-state index >= 15 is 0 Å². The summed E-state index contributed by atoms with van der Waals surface area (Å²) in [5, 5.41) is 2.33. The number of fused-ring (bicyclic) bond motifs is 3. The van der Waals surface area contributed by atoms with Crippen LogP contribution in [0, 0.1) is 13.8 Å². The summed E-state index contributed by atoms with van der Waals surface area (Å²) in [6.45, 7) is 10.5. The van der Waals surface area contributed by atoms with Crippen LogP contribution in [-0.4, -0.2) is 34.2 Å². The maximum absolute atomic E-state index is 13.6. The van der Waals surface area contributed by atoms with E-state index in [0.717, 1.165) is 41.0 Å². The molecule has 0 fully saturated rings. The van der Waals surface area contributed by atoms with Crippen LogP contribution < -0.4 is 4.90 Å². The van der Waals surface area contributed by atoms with E-state index in [1.54, 1.807) is 12.3 Å². The second kappa shape index (κ2) is 10.8. The molecule has 3 aromatic carbocycles. The Morgan fingerprint density at radius 2 is 1.36 bits per heavy atom. The first-order valence-corrected chi connectivity index (χ1v) is 15.7. The smallest absolute Gasteiger partial charge is 0.341 e. The summed E-state index contributed by atoms with van der Waals surface area (Å²) < 4.78 is 11.3. The third kappa shape index (κ3) is 4.23. The van der Waals surface area contributed by atoms with Gasteiger partial charge in [0, 0.05) is 89.0 Å². The minimum Gasteiger partial charge on any atom is -0.439 e. The van der Waals surface area contributed by atoms with Crippen molar-refractivity contribution < 1.29 is 9.53 Å². The van der Waals surface area contributed by atoms with Gasteiger partial charge in [-0.3, -0.25) is 4.98 Å². The van der Waals surface area contributed by atoms with Gasteiger partial charge in [-0.05, 0) is 75.7 Å². The molecule has 0 N–H and O–H groups in total. The topological polar surface area (TPSA) is 52.3 Å². The molecule has 1 unspecified atom stereocenters. The molecule has 0 bridgehead atoms. The standard InChI is InChI=1S/C39H38N4O2/c1-7-42-25(3)35(29-14-9-11-17-33(29)42)32(36-26(4)43(8-2)34-18-12-10-15-30(34)36)24-39(27-19-21-28(22-20-27)41(5)6)37-31(38(44)45-39)16-13-23-40-37/h9-24H,7-8H2,1-6H3. The first kappa shape index (κ1) is 28.7. The van der Waals surface area contributed by atoms with Crippen LogP contribution >= 0.6 is 0 Å². The van der Waals surface area contributed by atoms with E-state index in [1.807, 2.05) is 20.2 Å². The number of cyclic esters (lactones) is 1.